The van der Waals surface area contributed by atoms with E-state index in [2.05, 4.69) is 30.2 Å². The Kier molecular flexibility index (Phi) is 6.47. The van der Waals surface area contributed by atoms with Gasteiger partial charge in [-0.1, -0.05) is 50.8 Å². The van der Waals surface area contributed by atoms with Crippen LogP contribution in [0, 0.1) is 0 Å². The number of pyridine rings is 1. The molecule has 0 bridgehead atoms. The molecular formula is C18H25ClN2. The Morgan fingerprint density at radius 3 is 2.76 bits per heavy atom. The molecule has 0 fully saturated rings. The molecule has 1 aromatic heterocycles. The maximum Gasteiger partial charge on any atom is 0.0761 e. The molecule has 1 N–H and O–H groups in total. The minimum atomic E-state index is 0.601. The highest BCUT2D eigenvalue weighted by atomic mass is 35.5. The van der Waals surface area contributed by atoms with Crippen molar-refractivity contribution in [1.29, 1.82) is 0 Å². The van der Waals surface area contributed by atoms with Gasteiger partial charge in [0.05, 0.1) is 5.52 Å². The predicted octanol–water partition coefficient (Wildman–Crippen LogP) is 5.34. The summed E-state index contributed by atoms with van der Waals surface area (Å²) in [7, 11) is 0. The number of rotatable bonds is 8. The maximum atomic E-state index is 6.25. The summed E-state index contributed by atoms with van der Waals surface area (Å²) in [5.74, 6) is 0. The highest BCUT2D eigenvalue weighted by molar-refractivity contribution is 6.35. The van der Waals surface area contributed by atoms with Crippen molar-refractivity contribution in [1.82, 2.24) is 10.3 Å². The van der Waals surface area contributed by atoms with Crippen LogP contribution >= 0.6 is 11.6 Å². The Balaban J connectivity index is 2.10. The zero-order chi connectivity index (χ0) is 15.1. The minimum Gasteiger partial charge on any atom is -0.310 e. The molecule has 114 valence electrons. The monoisotopic (exact) mass is 304 g/mol. The Morgan fingerprint density at radius 1 is 1.14 bits per heavy atom. The quantitative estimate of drug-likeness (QED) is 0.712. The summed E-state index contributed by atoms with van der Waals surface area (Å²) in [5, 5.41) is 5.52. The zero-order valence-corrected chi connectivity index (χ0v) is 13.8. The van der Waals surface area contributed by atoms with Crippen LogP contribution in [0.25, 0.3) is 10.9 Å². The second-order valence-corrected chi connectivity index (χ2v) is 6.02. The summed E-state index contributed by atoms with van der Waals surface area (Å²) < 4.78 is 0. The van der Waals surface area contributed by atoms with Gasteiger partial charge < -0.3 is 5.32 Å². The van der Waals surface area contributed by atoms with E-state index in [1.165, 1.54) is 37.7 Å². The Bertz CT molecular complexity index is 568. The number of nitrogens with one attached hydrogen (secondary N) is 1. The Labute approximate surface area is 132 Å². The number of hydrogen-bond acceptors (Lipinski definition) is 2. The fourth-order valence-electron chi connectivity index (χ4n) is 2.74. The molecule has 2 rings (SSSR count). The van der Waals surface area contributed by atoms with E-state index in [1.807, 2.05) is 24.4 Å². The molecule has 0 spiro atoms. The smallest absolute Gasteiger partial charge is 0.0761 e. The van der Waals surface area contributed by atoms with E-state index in [-0.39, 0.29) is 0 Å². The Morgan fingerprint density at radius 2 is 2.00 bits per heavy atom. The van der Waals surface area contributed by atoms with Gasteiger partial charge in [-0.3, -0.25) is 4.98 Å². The second kappa shape index (κ2) is 8.35. The standard InChI is InChI=1S/C18H25ClN2/c1-3-5-8-15(7-4-2)21-13-14-10-11-17(19)16-9-6-12-20-18(14)16/h6,9-12,15,21H,3-5,7-8,13H2,1-2H3. The Hall–Kier alpha value is -1.12. The summed E-state index contributed by atoms with van der Waals surface area (Å²) in [6, 6.07) is 8.64. The van der Waals surface area contributed by atoms with Crippen molar-refractivity contribution in [3.8, 4) is 0 Å². The molecule has 0 aliphatic carbocycles. The number of benzene rings is 1. The van der Waals surface area contributed by atoms with E-state index in [9.17, 15) is 0 Å². The van der Waals surface area contributed by atoms with Gasteiger partial charge >= 0.3 is 0 Å². The third-order valence-corrected chi connectivity index (χ3v) is 4.25. The lowest BCUT2D eigenvalue weighted by Gasteiger charge is -2.18. The van der Waals surface area contributed by atoms with E-state index in [4.69, 9.17) is 11.6 Å². The molecule has 2 aromatic rings. The van der Waals surface area contributed by atoms with E-state index in [0.717, 1.165) is 22.5 Å². The van der Waals surface area contributed by atoms with Crippen LogP contribution in [0.2, 0.25) is 5.02 Å². The summed E-state index contributed by atoms with van der Waals surface area (Å²) in [6.45, 7) is 5.36. The topological polar surface area (TPSA) is 24.9 Å². The first-order chi connectivity index (χ1) is 10.3. The summed E-state index contributed by atoms with van der Waals surface area (Å²) >= 11 is 6.25. The molecule has 0 aliphatic rings. The fraction of sp³-hybridized carbons (Fsp3) is 0.500. The number of halogens is 1. The van der Waals surface area contributed by atoms with Gasteiger partial charge in [0.2, 0.25) is 0 Å². The second-order valence-electron chi connectivity index (χ2n) is 5.61. The van der Waals surface area contributed by atoms with Crippen LogP contribution in [0.1, 0.15) is 51.5 Å². The van der Waals surface area contributed by atoms with Crippen molar-refractivity contribution in [3.63, 3.8) is 0 Å². The van der Waals surface area contributed by atoms with Crippen molar-refractivity contribution in [2.45, 2.75) is 58.5 Å². The highest BCUT2D eigenvalue weighted by Crippen LogP contribution is 2.24. The number of fused-ring (bicyclic) bond motifs is 1. The number of hydrogen-bond donors (Lipinski definition) is 1. The molecule has 0 amide bonds. The molecule has 1 aromatic carbocycles. The molecule has 0 radical (unpaired) electrons. The number of nitrogens with zero attached hydrogens (tertiary/aromatic N) is 1. The van der Waals surface area contributed by atoms with Crippen molar-refractivity contribution < 1.29 is 0 Å². The van der Waals surface area contributed by atoms with Crippen LogP contribution in [0.4, 0.5) is 0 Å². The first-order valence-corrected chi connectivity index (χ1v) is 8.39. The predicted molar refractivity (Wildman–Crippen MR) is 91.8 cm³/mol. The lowest BCUT2D eigenvalue weighted by molar-refractivity contribution is 0.434. The molecule has 0 saturated carbocycles. The molecule has 0 aliphatic heterocycles. The molecule has 1 atom stereocenters. The van der Waals surface area contributed by atoms with Gasteiger partial charge in [0.1, 0.15) is 0 Å². The molecule has 0 saturated heterocycles. The maximum absolute atomic E-state index is 6.25. The largest absolute Gasteiger partial charge is 0.310 e. The average molecular weight is 305 g/mol. The normalized spacial score (nSPS) is 12.7. The van der Waals surface area contributed by atoms with Crippen LogP contribution in [-0.2, 0) is 6.54 Å². The zero-order valence-electron chi connectivity index (χ0n) is 13.0. The molecular weight excluding hydrogens is 280 g/mol. The third kappa shape index (κ3) is 4.42. The van der Waals surface area contributed by atoms with Gasteiger partial charge in [-0.25, -0.2) is 0 Å². The van der Waals surface area contributed by atoms with E-state index >= 15 is 0 Å². The van der Waals surface area contributed by atoms with E-state index in [0.29, 0.717) is 6.04 Å². The van der Waals surface area contributed by atoms with Gasteiger partial charge in [0.25, 0.3) is 0 Å². The van der Waals surface area contributed by atoms with Gasteiger partial charge in [-0.05, 0) is 36.6 Å². The van der Waals surface area contributed by atoms with Crippen LogP contribution in [0.15, 0.2) is 30.5 Å². The van der Waals surface area contributed by atoms with Crippen molar-refractivity contribution >= 4 is 22.5 Å². The number of aromatic nitrogens is 1. The molecule has 2 nitrogen and oxygen atoms in total. The van der Waals surface area contributed by atoms with Crippen LogP contribution < -0.4 is 5.32 Å². The summed E-state index contributed by atoms with van der Waals surface area (Å²) in [4.78, 5) is 4.50. The van der Waals surface area contributed by atoms with Gasteiger partial charge in [0, 0.05) is 29.2 Å². The van der Waals surface area contributed by atoms with Gasteiger partial charge in [-0.15, -0.1) is 0 Å². The van der Waals surface area contributed by atoms with Gasteiger partial charge in [-0.2, -0.15) is 0 Å². The first kappa shape index (κ1) is 16.3. The SMILES string of the molecule is CCCCC(CCC)NCc1ccc(Cl)c2cccnc12. The highest BCUT2D eigenvalue weighted by Gasteiger charge is 2.09. The minimum absolute atomic E-state index is 0.601. The lowest BCUT2D eigenvalue weighted by Crippen LogP contribution is -2.28. The van der Waals surface area contributed by atoms with Gasteiger partial charge in [0.15, 0.2) is 0 Å². The van der Waals surface area contributed by atoms with Crippen molar-refractivity contribution in [2.24, 2.45) is 0 Å². The molecule has 3 heteroatoms. The first-order valence-electron chi connectivity index (χ1n) is 8.01. The molecule has 1 heterocycles. The summed E-state index contributed by atoms with van der Waals surface area (Å²) in [5.41, 5.74) is 2.25. The van der Waals surface area contributed by atoms with Crippen LogP contribution in [-0.4, -0.2) is 11.0 Å². The molecule has 1 unspecified atom stereocenters. The fourth-order valence-corrected chi connectivity index (χ4v) is 2.96. The van der Waals surface area contributed by atoms with E-state index < -0.39 is 0 Å². The van der Waals surface area contributed by atoms with Crippen LogP contribution in [0.5, 0.6) is 0 Å². The van der Waals surface area contributed by atoms with Crippen LogP contribution in [0.3, 0.4) is 0 Å². The third-order valence-electron chi connectivity index (χ3n) is 3.92. The van der Waals surface area contributed by atoms with Crippen molar-refractivity contribution in [3.05, 3.63) is 41.0 Å². The van der Waals surface area contributed by atoms with Crippen molar-refractivity contribution in [2.75, 3.05) is 0 Å². The lowest BCUT2D eigenvalue weighted by atomic mass is 10.0. The van der Waals surface area contributed by atoms with E-state index in [1.54, 1.807) is 0 Å². The molecule has 21 heavy (non-hydrogen) atoms. The summed E-state index contributed by atoms with van der Waals surface area (Å²) in [6.07, 6.45) is 8.09. The number of unbranched alkanes of at least 4 members (excludes halogenated alkanes) is 1. The average Bonchev–Trinajstić information content (AvgIpc) is 2.52.